The van der Waals surface area contributed by atoms with Gasteiger partial charge in [0.25, 0.3) is 0 Å². The first-order valence-corrected chi connectivity index (χ1v) is 8.27. The second-order valence-corrected chi connectivity index (χ2v) is 6.60. The number of thiophene rings is 1. The van der Waals surface area contributed by atoms with Crippen LogP contribution in [0.2, 0.25) is 0 Å². The highest BCUT2D eigenvalue weighted by Gasteiger charge is 2.34. The molecule has 1 saturated heterocycles. The van der Waals surface area contributed by atoms with Crippen LogP contribution in [0.15, 0.2) is 16.8 Å². The molecule has 3 rings (SSSR count). The van der Waals surface area contributed by atoms with Gasteiger partial charge in [-0.3, -0.25) is 4.79 Å². The molecule has 1 aromatic heterocycles. The first kappa shape index (κ1) is 13.1. The van der Waals surface area contributed by atoms with E-state index in [9.17, 15) is 4.79 Å². The smallest absolute Gasteiger partial charge is 0.220 e. The summed E-state index contributed by atoms with van der Waals surface area (Å²) in [6.45, 7) is 3.29. The number of amides is 1. The lowest BCUT2D eigenvalue weighted by atomic mass is 10.1. The predicted octanol–water partition coefficient (Wildman–Crippen LogP) is 2.28. The average Bonchev–Trinajstić information content (AvgIpc) is 2.95. The summed E-state index contributed by atoms with van der Waals surface area (Å²) in [5.41, 5.74) is 1.28. The van der Waals surface area contributed by atoms with E-state index in [0.29, 0.717) is 12.3 Å². The molecule has 104 valence electrons. The number of nitrogens with one attached hydrogen (secondary N) is 1. The molecular formula is C15H22N2OS. The molecule has 4 heteroatoms. The standard InChI is InChI=1S/C15H22N2OS/c18-15(4-1-12-6-8-19-11-12)16-9-13-5-7-17(10-13)14-2-3-14/h6,8,11,13-14H,1-5,7,9-10H2,(H,16,18). The fraction of sp³-hybridized carbons (Fsp3) is 0.667. The average molecular weight is 278 g/mol. The van der Waals surface area contributed by atoms with E-state index >= 15 is 0 Å². The molecule has 0 aromatic carbocycles. The minimum Gasteiger partial charge on any atom is -0.356 e. The SMILES string of the molecule is O=C(CCc1ccsc1)NCC1CCN(C2CC2)C1. The minimum atomic E-state index is 0.205. The lowest BCUT2D eigenvalue weighted by molar-refractivity contribution is -0.121. The van der Waals surface area contributed by atoms with Gasteiger partial charge in [0, 0.05) is 25.6 Å². The van der Waals surface area contributed by atoms with E-state index in [0.717, 1.165) is 19.0 Å². The van der Waals surface area contributed by atoms with Gasteiger partial charge in [0.1, 0.15) is 0 Å². The molecule has 1 saturated carbocycles. The second kappa shape index (κ2) is 6.06. The van der Waals surface area contributed by atoms with Gasteiger partial charge in [-0.25, -0.2) is 0 Å². The monoisotopic (exact) mass is 278 g/mol. The number of carbonyl (C=O) groups is 1. The van der Waals surface area contributed by atoms with Crippen molar-refractivity contribution >= 4 is 17.2 Å². The van der Waals surface area contributed by atoms with E-state index in [4.69, 9.17) is 0 Å². The number of hydrogen-bond donors (Lipinski definition) is 1. The van der Waals surface area contributed by atoms with Gasteiger partial charge >= 0.3 is 0 Å². The molecule has 1 atom stereocenters. The Morgan fingerprint density at radius 3 is 3.05 bits per heavy atom. The van der Waals surface area contributed by atoms with Crippen molar-refractivity contribution in [2.75, 3.05) is 19.6 Å². The highest BCUT2D eigenvalue weighted by Crippen LogP contribution is 2.31. The lowest BCUT2D eigenvalue weighted by Gasteiger charge is -2.15. The quantitative estimate of drug-likeness (QED) is 0.866. The van der Waals surface area contributed by atoms with Gasteiger partial charge < -0.3 is 10.2 Å². The van der Waals surface area contributed by atoms with Crippen LogP contribution in [0.4, 0.5) is 0 Å². The van der Waals surface area contributed by atoms with Crippen molar-refractivity contribution < 1.29 is 4.79 Å². The summed E-state index contributed by atoms with van der Waals surface area (Å²) in [5.74, 6) is 0.877. The number of likely N-dealkylation sites (tertiary alicyclic amines) is 1. The third kappa shape index (κ3) is 3.80. The van der Waals surface area contributed by atoms with Gasteiger partial charge in [0.2, 0.25) is 5.91 Å². The van der Waals surface area contributed by atoms with Crippen LogP contribution < -0.4 is 5.32 Å². The predicted molar refractivity (Wildman–Crippen MR) is 78.4 cm³/mol. The molecule has 1 aliphatic carbocycles. The molecule has 2 aliphatic rings. The zero-order chi connectivity index (χ0) is 13.1. The first-order chi connectivity index (χ1) is 9.31. The zero-order valence-electron chi connectivity index (χ0n) is 11.3. The Kier molecular flexibility index (Phi) is 4.18. The summed E-state index contributed by atoms with van der Waals surface area (Å²) in [7, 11) is 0. The van der Waals surface area contributed by atoms with Crippen molar-refractivity contribution in [3.8, 4) is 0 Å². The van der Waals surface area contributed by atoms with Crippen molar-refractivity contribution in [2.24, 2.45) is 5.92 Å². The van der Waals surface area contributed by atoms with Crippen LogP contribution in [0, 0.1) is 5.92 Å². The van der Waals surface area contributed by atoms with Crippen LogP contribution in [0.25, 0.3) is 0 Å². The molecule has 2 heterocycles. The maximum absolute atomic E-state index is 11.8. The van der Waals surface area contributed by atoms with Crippen molar-refractivity contribution in [3.63, 3.8) is 0 Å². The summed E-state index contributed by atoms with van der Waals surface area (Å²) >= 11 is 1.70. The largest absolute Gasteiger partial charge is 0.356 e. The van der Waals surface area contributed by atoms with Crippen LogP contribution in [0.3, 0.4) is 0 Å². The van der Waals surface area contributed by atoms with E-state index in [-0.39, 0.29) is 5.91 Å². The van der Waals surface area contributed by atoms with Gasteiger partial charge in [-0.05, 0) is 60.5 Å². The Bertz CT molecular complexity index is 414. The van der Waals surface area contributed by atoms with Crippen LogP contribution in [0.1, 0.15) is 31.2 Å². The topological polar surface area (TPSA) is 32.3 Å². The van der Waals surface area contributed by atoms with Crippen LogP contribution >= 0.6 is 11.3 Å². The minimum absolute atomic E-state index is 0.205. The Labute approximate surface area is 119 Å². The summed E-state index contributed by atoms with van der Waals surface area (Å²) in [5, 5.41) is 7.30. The molecule has 19 heavy (non-hydrogen) atoms. The van der Waals surface area contributed by atoms with Gasteiger partial charge in [-0.15, -0.1) is 0 Å². The van der Waals surface area contributed by atoms with E-state index in [1.165, 1.54) is 37.9 Å². The summed E-state index contributed by atoms with van der Waals surface area (Å²) in [6, 6.07) is 2.97. The summed E-state index contributed by atoms with van der Waals surface area (Å²) in [4.78, 5) is 14.4. The van der Waals surface area contributed by atoms with Gasteiger partial charge in [-0.2, -0.15) is 11.3 Å². The van der Waals surface area contributed by atoms with E-state index < -0.39 is 0 Å². The van der Waals surface area contributed by atoms with E-state index in [2.05, 4.69) is 27.0 Å². The summed E-state index contributed by atoms with van der Waals surface area (Å²) in [6.07, 6.45) is 5.52. The first-order valence-electron chi connectivity index (χ1n) is 7.33. The van der Waals surface area contributed by atoms with Crippen molar-refractivity contribution in [2.45, 2.75) is 38.1 Å². The van der Waals surface area contributed by atoms with Gasteiger partial charge in [0.05, 0.1) is 0 Å². The third-order valence-electron chi connectivity index (χ3n) is 4.19. The lowest BCUT2D eigenvalue weighted by Crippen LogP contribution is -2.31. The maximum atomic E-state index is 11.8. The molecule has 1 unspecified atom stereocenters. The van der Waals surface area contributed by atoms with Gasteiger partial charge in [-0.1, -0.05) is 0 Å². The van der Waals surface area contributed by atoms with E-state index in [1.54, 1.807) is 11.3 Å². The number of rotatable bonds is 6. The van der Waals surface area contributed by atoms with E-state index in [1.807, 2.05) is 0 Å². The number of carbonyl (C=O) groups excluding carboxylic acids is 1. The number of hydrogen-bond acceptors (Lipinski definition) is 3. The molecular weight excluding hydrogens is 256 g/mol. The second-order valence-electron chi connectivity index (χ2n) is 5.82. The fourth-order valence-corrected chi connectivity index (χ4v) is 3.54. The highest BCUT2D eigenvalue weighted by atomic mass is 32.1. The maximum Gasteiger partial charge on any atom is 0.220 e. The highest BCUT2D eigenvalue weighted by molar-refractivity contribution is 7.07. The molecule has 0 radical (unpaired) electrons. The molecule has 0 spiro atoms. The third-order valence-corrected chi connectivity index (χ3v) is 4.92. The molecule has 1 aliphatic heterocycles. The zero-order valence-corrected chi connectivity index (χ0v) is 12.1. The Hall–Kier alpha value is -0.870. The Morgan fingerprint density at radius 2 is 2.32 bits per heavy atom. The van der Waals surface area contributed by atoms with Crippen molar-refractivity contribution in [1.29, 1.82) is 0 Å². The van der Waals surface area contributed by atoms with Crippen LogP contribution in [-0.2, 0) is 11.2 Å². The molecule has 1 amide bonds. The Morgan fingerprint density at radius 1 is 1.42 bits per heavy atom. The molecule has 0 bridgehead atoms. The Balaban J connectivity index is 1.32. The fourth-order valence-electron chi connectivity index (χ4n) is 2.84. The van der Waals surface area contributed by atoms with Crippen LogP contribution in [-0.4, -0.2) is 36.5 Å². The molecule has 3 nitrogen and oxygen atoms in total. The van der Waals surface area contributed by atoms with Crippen molar-refractivity contribution in [3.05, 3.63) is 22.4 Å². The molecule has 1 aromatic rings. The number of aryl methyl sites for hydroxylation is 1. The number of nitrogens with zero attached hydrogens (tertiary/aromatic N) is 1. The van der Waals surface area contributed by atoms with Gasteiger partial charge in [0.15, 0.2) is 0 Å². The summed E-state index contributed by atoms with van der Waals surface area (Å²) < 4.78 is 0. The van der Waals surface area contributed by atoms with Crippen LogP contribution in [0.5, 0.6) is 0 Å². The molecule has 1 N–H and O–H groups in total. The normalized spacial score (nSPS) is 23.7. The van der Waals surface area contributed by atoms with Crippen molar-refractivity contribution in [1.82, 2.24) is 10.2 Å². The molecule has 2 fully saturated rings.